The number of piperidine rings is 1. The van der Waals surface area contributed by atoms with Crippen LogP contribution in [0.15, 0.2) is 34.1 Å². The molecule has 0 amide bonds. The molecule has 1 aliphatic heterocycles. The number of nitrogens with zero attached hydrogens (tertiary/aromatic N) is 1. The van der Waals surface area contributed by atoms with Gasteiger partial charge in [0.05, 0.1) is 4.90 Å². The van der Waals surface area contributed by atoms with E-state index in [1.54, 1.807) is 0 Å². The number of nitrogens with one attached hydrogen (secondary N) is 1. The monoisotopic (exact) mass is 390 g/mol. The van der Waals surface area contributed by atoms with Crippen LogP contribution in [0.3, 0.4) is 0 Å². The predicted octanol–water partition coefficient (Wildman–Crippen LogP) is 3.09. The molecule has 1 fully saturated rings. The predicted molar refractivity (Wildman–Crippen MR) is 86.4 cm³/mol. The second-order valence-electron chi connectivity index (χ2n) is 4.99. The average Bonchev–Trinajstić information content (AvgIpc) is 2.46. The van der Waals surface area contributed by atoms with Gasteiger partial charge in [0.1, 0.15) is 0 Å². The van der Waals surface area contributed by atoms with Crippen molar-refractivity contribution < 1.29 is 21.6 Å². The second-order valence-corrected chi connectivity index (χ2v) is 8.06. The van der Waals surface area contributed by atoms with Crippen LogP contribution in [0.25, 0.3) is 0 Å². The van der Waals surface area contributed by atoms with Crippen LogP contribution in [0.4, 0.5) is 13.2 Å². The summed E-state index contributed by atoms with van der Waals surface area (Å²) in [5.74, 6) is 0. The van der Waals surface area contributed by atoms with E-state index in [4.69, 9.17) is 0 Å². The summed E-state index contributed by atoms with van der Waals surface area (Å²) in [7, 11) is -1.80. The molecule has 4 nitrogen and oxygen atoms in total. The topological polar surface area (TPSA) is 49.4 Å². The Morgan fingerprint density at radius 2 is 1.70 bits per heavy atom. The fraction of sp³-hybridized carbons (Fsp3) is 0.538. The summed E-state index contributed by atoms with van der Waals surface area (Å²) < 4.78 is 63.1. The molecule has 0 radical (unpaired) electrons. The highest BCUT2D eigenvalue weighted by Crippen LogP contribution is 2.37. The van der Waals surface area contributed by atoms with Gasteiger partial charge in [-0.25, -0.2) is 8.42 Å². The van der Waals surface area contributed by atoms with Crippen molar-refractivity contribution in [3.8, 4) is 0 Å². The second kappa shape index (κ2) is 8.06. The SMILES string of the molecule is CNC1CCN(S(=O)(=O)c2ccc(SC(F)(F)F)cc2)CC1.Cl. The van der Waals surface area contributed by atoms with Gasteiger partial charge >= 0.3 is 5.51 Å². The Morgan fingerprint density at radius 1 is 1.17 bits per heavy atom. The minimum Gasteiger partial charge on any atom is -0.317 e. The molecule has 0 bridgehead atoms. The molecule has 0 saturated carbocycles. The van der Waals surface area contributed by atoms with Gasteiger partial charge in [-0.05, 0) is 55.9 Å². The van der Waals surface area contributed by atoms with Gasteiger partial charge in [-0.2, -0.15) is 17.5 Å². The van der Waals surface area contributed by atoms with Gasteiger partial charge in [0.15, 0.2) is 0 Å². The van der Waals surface area contributed by atoms with E-state index in [9.17, 15) is 21.6 Å². The van der Waals surface area contributed by atoms with Crippen LogP contribution in [-0.2, 0) is 10.0 Å². The molecule has 1 N–H and O–H groups in total. The van der Waals surface area contributed by atoms with Crippen molar-refractivity contribution in [3.05, 3.63) is 24.3 Å². The quantitative estimate of drug-likeness (QED) is 0.803. The van der Waals surface area contributed by atoms with Crippen molar-refractivity contribution in [2.75, 3.05) is 20.1 Å². The van der Waals surface area contributed by atoms with E-state index in [0.717, 1.165) is 12.8 Å². The molecule has 0 atom stereocenters. The van der Waals surface area contributed by atoms with Crippen LogP contribution in [0, 0.1) is 0 Å². The molecule has 1 aliphatic rings. The standard InChI is InChI=1S/C13H17F3N2O2S2.ClH/c1-17-10-6-8-18(9-7-10)22(19,20)12-4-2-11(3-5-12)21-13(14,15)16;/h2-5,10,17H,6-9H2,1H3;1H. The summed E-state index contributed by atoms with van der Waals surface area (Å²) in [4.78, 5) is 0.00210. The normalized spacial score (nSPS) is 17.7. The zero-order valence-corrected chi connectivity index (χ0v) is 14.8. The van der Waals surface area contributed by atoms with Gasteiger partial charge in [0.25, 0.3) is 0 Å². The smallest absolute Gasteiger partial charge is 0.317 e. The van der Waals surface area contributed by atoms with Crippen molar-refractivity contribution in [2.45, 2.75) is 34.2 Å². The summed E-state index contributed by atoms with van der Waals surface area (Å²) in [5.41, 5.74) is -4.38. The van der Waals surface area contributed by atoms with Gasteiger partial charge < -0.3 is 5.32 Å². The Balaban J connectivity index is 0.00000264. The molecule has 0 aromatic heterocycles. The third-order valence-electron chi connectivity index (χ3n) is 3.56. The van der Waals surface area contributed by atoms with Crippen molar-refractivity contribution in [3.63, 3.8) is 0 Å². The van der Waals surface area contributed by atoms with Gasteiger partial charge in [-0.15, -0.1) is 12.4 Å². The maximum atomic E-state index is 12.5. The molecular weight excluding hydrogens is 373 g/mol. The van der Waals surface area contributed by atoms with Crippen LogP contribution in [0.1, 0.15) is 12.8 Å². The number of alkyl halides is 3. The minimum absolute atomic E-state index is 0. The highest BCUT2D eigenvalue weighted by atomic mass is 35.5. The molecule has 132 valence electrons. The van der Waals surface area contributed by atoms with Crippen molar-refractivity contribution in [2.24, 2.45) is 0 Å². The van der Waals surface area contributed by atoms with Crippen LogP contribution < -0.4 is 5.32 Å². The van der Waals surface area contributed by atoms with Crippen molar-refractivity contribution in [1.29, 1.82) is 0 Å². The number of sulfonamides is 1. The van der Waals surface area contributed by atoms with E-state index >= 15 is 0 Å². The van der Waals surface area contributed by atoms with E-state index in [0.29, 0.717) is 19.1 Å². The average molecular weight is 391 g/mol. The summed E-state index contributed by atoms with van der Waals surface area (Å²) >= 11 is -0.258. The fourth-order valence-corrected chi connectivity index (χ4v) is 4.36. The lowest BCUT2D eigenvalue weighted by molar-refractivity contribution is -0.0328. The molecule has 1 saturated heterocycles. The third kappa shape index (κ3) is 5.53. The first kappa shape index (κ1) is 20.6. The minimum atomic E-state index is -4.38. The van der Waals surface area contributed by atoms with Crippen LogP contribution in [0.2, 0.25) is 0 Å². The summed E-state index contributed by atoms with van der Waals surface area (Å²) in [6, 6.07) is 5.13. The molecule has 10 heteroatoms. The van der Waals surface area contributed by atoms with E-state index in [2.05, 4.69) is 5.32 Å². The molecule has 0 spiro atoms. The Hall–Kier alpha value is -0.480. The maximum absolute atomic E-state index is 12.5. The number of halogens is 4. The summed E-state index contributed by atoms with van der Waals surface area (Å²) in [6.45, 7) is 0.819. The number of benzene rings is 1. The molecule has 1 heterocycles. The first-order valence-electron chi connectivity index (χ1n) is 6.75. The first-order valence-corrected chi connectivity index (χ1v) is 9.01. The van der Waals surface area contributed by atoms with Gasteiger partial charge in [-0.1, -0.05) is 0 Å². The first-order chi connectivity index (χ1) is 10.2. The maximum Gasteiger partial charge on any atom is 0.446 e. The zero-order valence-electron chi connectivity index (χ0n) is 12.3. The highest BCUT2D eigenvalue weighted by molar-refractivity contribution is 8.00. The molecule has 0 unspecified atom stereocenters. The lowest BCUT2D eigenvalue weighted by atomic mass is 10.1. The zero-order chi connectivity index (χ0) is 16.4. The Kier molecular flexibility index (Phi) is 7.21. The van der Waals surface area contributed by atoms with Crippen molar-refractivity contribution in [1.82, 2.24) is 9.62 Å². The van der Waals surface area contributed by atoms with Crippen molar-refractivity contribution >= 4 is 34.2 Å². The molecule has 23 heavy (non-hydrogen) atoms. The Bertz CT molecular complexity index is 601. The summed E-state index contributed by atoms with van der Waals surface area (Å²) in [5, 5.41) is 3.11. The van der Waals surface area contributed by atoms with Crippen LogP contribution >= 0.6 is 24.2 Å². The fourth-order valence-electron chi connectivity index (χ4n) is 2.35. The molecule has 1 aromatic carbocycles. The van der Waals surface area contributed by atoms with Crippen LogP contribution in [0.5, 0.6) is 0 Å². The largest absolute Gasteiger partial charge is 0.446 e. The molecule has 1 aromatic rings. The van der Waals surface area contributed by atoms with Crippen LogP contribution in [-0.4, -0.2) is 44.4 Å². The number of thioether (sulfide) groups is 1. The number of hydrogen-bond acceptors (Lipinski definition) is 4. The van der Waals surface area contributed by atoms with E-state index < -0.39 is 15.5 Å². The molecule has 2 rings (SSSR count). The highest BCUT2D eigenvalue weighted by Gasteiger charge is 2.31. The van der Waals surface area contributed by atoms with E-state index in [-0.39, 0.29) is 34.0 Å². The number of hydrogen-bond donors (Lipinski definition) is 1. The lowest BCUT2D eigenvalue weighted by Gasteiger charge is -2.31. The Morgan fingerprint density at radius 3 is 2.13 bits per heavy atom. The van der Waals surface area contributed by atoms with E-state index in [1.807, 2.05) is 7.05 Å². The lowest BCUT2D eigenvalue weighted by Crippen LogP contribution is -2.43. The van der Waals surface area contributed by atoms with Gasteiger partial charge in [0.2, 0.25) is 10.0 Å². The van der Waals surface area contributed by atoms with E-state index in [1.165, 1.54) is 28.6 Å². The molecular formula is C13H18ClF3N2O2S2. The summed E-state index contributed by atoms with van der Waals surface area (Å²) in [6.07, 6.45) is 1.44. The molecule has 0 aliphatic carbocycles. The Labute approximate surface area is 144 Å². The third-order valence-corrected chi connectivity index (χ3v) is 6.21. The van der Waals surface area contributed by atoms with Gasteiger partial charge in [0, 0.05) is 24.0 Å². The number of rotatable bonds is 4. The van der Waals surface area contributed by atoms with Gasteiger partial charge in [-0.3, -0.25) is 0 Å².